The van der Waals surface area contributed by atoms with Crippen molar-refractivity contribution in [3.05, 3.63) is 85.3 Å². The largest absolute Gasteiger partial charge is 0.501 e. The summed E-state index contributed by atoms with van der Waals surface area (Å²) in [6, 6.07) is 17.2. The van der Waals surface area contributed by atoms with E-state index < -0.39 is 0 Å². The Morgan fingerprint density at radius 3 is 1.32 bits per heavy atom. The molecule has 2 nitrogen and oxygen atoms in total. The van der Waals surface area contributed by atoms with Crippen LogP contribution in [0.15, 0.2) is 74.2 Å². The Balaban J connectivity index is 1.96. The molecule has 2 rings (SSSR count). The lowest BCUT2D eigenvalue weighted by Gasteiger charge is -2.06. The van der Waals surface area contributed by atoms with Crippen molar-refractivity contribution in [3.8, 4) is 11.1 Å². The van der Waals surface area contributed by atoms with E-state index >= 15 is 0 Å². The molecule has 0 amide bonds. The second-order valence-electron chi connectivity index (χ2n) is 4.97. The van der Waals surface area contributed by atoms with Crippen LogP contribution in [-0.4, -0.2) is 13.2 Å². The Bertz CT molecular complexity index is 527. The molecule has 0 heterocycles. The minimum absolute atomic E-state index is 0.671. The lowest BCUT2D eigenvalue weighted by molar-refractivity contribution is 0.255. The maximum Gasteiger partial charge on any atom is 0.0913 e. The van der Waals surface area contributed by atoms with Crippen molar-refractivity contribution in [2.24, 2.45) is 0 Å². The number of benzene rings is 2. The van der Waals surface area contributed by atoms with E-state index in [1.54, 1.807) is 0 Å². The fourth-order valence-corrected chi connectivity index (χ4v) is 2.25. The first-order valence-electron chi connectivity index (χ1n) is 7.47. The van der Waals surface area contributed by atoms with Gasteiger partial charge in [0.2, 0.25) is 0 Å². The van der Waals surface area contributed by atoms with E-state index in [4.69, 9.17) is 9.47 Å². The molecule has 0 atom stereocenters. The minimum atomic E-state index is 0.671. The quantitative estimate of drug-likeness (QED) is 0.490. The van der Waals surface area contributed by atoms with Gasteiger partial charge in [0.05, 0.1) is 25.7 Å². The maximum absolute atomic E-state index is 5.15. The lowest BCUT2D eigenvalue weighted by Crippen LogP contribution is -1.94. The average Bonchev–Trinajstić information content (AvgIpc) is 2.57. The fraction of sp³-hybridized carbons (Fsp3) is 0.200. The Hall–Kier alpha value is -2.48. The van der Waals surface area contributed by atoms with Crippen molar-refractivity contribution in [2.75, 3.05) is 13.2 Å². The SMILES string of the molecule is C=COCCc1ccc(-c2ccc(CCOC=C)cc2)cc1. The molecule has 0 saturated carbocycles. The summed E-state index contributed by atoms with van der Waals surface area (Å²) in [4.78, 5) is 0. The Morgan fingerprint density at radius 2 is 1.00 bits per heavy atom. The monoisotopic (exact) mass is 294 g/mol. The van der Waals surface area contributed by atoms with Gasteiger partial charge in [-0.25, -0.2) is 0 Å². The molecule has 0 aliphatic rings. The van der Waals surface area contributed by atoms with Crippen molar-refractivity contribution in [3.63, 3.8) is 0 Å². The highest BCUT2D eigenvalue weighted by molar-refractivity contribution is 5.63. The zero-order chi connectivity index (χ0) is 15.6. The molecule has 0 unspecified atom stereocenters. The van der Waals surface area contributed by atoms with Crippen LogP contribution in [0.1, 0.15) is 11.1 Å². The Morgan fingerprint density at radius 1 is 0.636 bits per heavy atom. The van der Waals surface area contributed by atoms with Crippen molar-refractivity contribution >= 4 is 0 Å². The normalized spacial score (nSPS) is 10.0. The molecule has 0 radical (unpaired) electrons. The van der Waals surface area contributed by atoms with E-state index in [0.29, 0.717) is 13.2 Å². The van der Waals surface area contributed by atoms with Gasteiger partial charge in [0.15, 0.2) is 0 Å². The summed E-state index contributed by atoms with van der Waals surface area (Å²) >= 11 is 0. The summed E-state index contributed by atoms with van der Waals surface area (Å²) in [5.74, 6) is 0. The molecular formula is C20H22O2. The number of hydrogen-bond acceptors (Lipinski definition) is 2. The molecule has 0 spiro atoms. The molecule has 0 saturated heterocycles. The van der Waals surface area contributed by atoms with Crippen LogP contribution in [-0.2, 0) is 22.3 Å². The second kappa shape index (κ2) is 8.73. The molecule has 0 bridgehead atoms. The van der Waals surface area contributed by atoms with Gasteiger partial charge in [0, 0.05) is 12.8 Å². The third-order valence-corrected chi connectivity index (χ3v) is 3.49. The highest BCUT2D eigenvalue weighted by atomic mass is 16.5. The first kappa shape index (κ1) is 15.9. The molecule has 0 fully saturated rings. The van der Waals surface area contributed by atoms with Crippen LogP contribution < -0.4 is 0 Å². The van der Waals surface area contributed by atoms with Gasteiger partial charge in [0.25, 0.3) is 0 Å². The van der Waals surface area contributed by atoms with Crippen LogP contribution in [0.3, 0.4) is 0 Å². The maximum atomic E-state index is 5.15. The van der Waals surface area contributed by atoms with E-state index in [0.717, 1.165) is 12.8 Å². The van der Waals surface area contributed by atoms with Gasteiger partial charge in [0.1, 0.15) is 0 Å². The summed E-state index contributed by atoms with van der Waals surface area (Å²) in [6.07, 6.45) is 4.76. The third kappa shape index (κ3) is 4.81. The van der Waals surface area contributed by atoms with E-state index in [1.807, 2.05) is 0 Å². The number of ether oxygens (including phenoxy) is 2. The highest BCUT2D eigenvalue weighted by Crippen LogP contribution is 2.20. The van der Waals surface area contributed by atoms with Crippen LogP contribution >= 0.6 is 0 Å². The first-order valence-corrected chi connectivity index (χ1v) is 7.47. The van der Waals surface area contributed by atoms with Crippen LogP contribution in [0.2, 0.25) is 0 Å². The predicted molar refractivity (Wildman–Crippen MR) is 91.6 cm³/mol. The third-order valence-electron chi connectivity index (χ3n) is 3.49. The summed E-state index contributed by atoms with van der Waals surface area (Å²) in [6.45, 7) is 8.42. The van der Waals surface area contributed by atoms with Crippen LogP contribution in [0, 0.1) is 0 Å². The van der Waals surface area contributed by atoms with Gasteiger partial charge in [-0.3, -0.25) is 0 Å². The summed E-state index contributed by atoms with van der Waals surface area (Å²) < 4.78 is 10.3. The topological polar surface area (TPSA) is 18.5 Å². The van der Waals surface area contributed by atoms with Crippen molar-refractivity contribution in [1.29, 1.82) is 0 Å². The van der Waals surface area contributed by atoms with Crippen molar-refractivity contribution in [2.45, 2.75) is 12.8 Å². The second-order valence-corrected chi connectivity index (χ2v) is 4.97. The zero-order valence-corrected chi connectivity index (χ0v) is 12.8. The summed E-state index contributed by atoms with van der Waals surface area (Å²) in [7, 11) is 0. The molecule has 0 aliphatic carbocycles. The van der Waals surface area contributed by atoms with Gasteiger partial charge in [-0.2, -0.15) is 0 Å². The van der Waals surface area contributed by atoms with Crippen LogP contribution in [0.5, 0.6) is 0 Å². The van der Waals surface area contributed by atoms with Gasteiger partial charge in [-0.1, -0.05) is 61.7 Å². The molecular weight excluding hydrogens is 272 g/mol. The molecule has 0 aliphatic heterocycles. The van der Waals surface area contributed by atoms with Gasteiger partial charge >= 0.3 is 0 Å². The first-order chi connectivity index (χ1) is 10.8. The molecule has 2 aromatic carbocycles. The van der Waals surface area contributed by atoms with E-state index in [-0.39, 0.29) is 0 Å². The Kier molecular flexibility index (Phi) is 6.31. The fourth-order valence-electron chi connectivity index (χ4n) is 2.25. The highest BCUT2D eigenvalue weighted by Gasteiger charge is 2.00. The van der Waals surface area contributed by atoms with Crippen molar-refractivity contribution in [1.82, 2.24) is 0 Å². The molecule has 114 valence electrons. The summed E-state index contributed by atoms with van der Waals surface area (Å²) in [5, 5.41) is 0. The van der Waals surface area contributed by atoms with Gasteiger partial charge in [-0.05, 0) is 22.3 Å². The molecule has 0 N–H and O–H groups in total. The van der Waals surface area contributed by atoms with Crippen LogP contribution in [0.25, 0.3) is 11.1 Å². The van der Waals surface area contributed by atoms with E-state index in [1.165, 1.54) is 34.8 Å². The predicted octanol–water partition coefficient (Wildman–Crippen LogP) is 4.76. The van der Waals surface area contributed by atoms with Gasteiger partial charge < -0.3 is 9.47 Å². The average molecular weight is 294 g/mol. The smallest absolute Gasteiger partial charge is 0.0913 e. The number of rotatable bonds is 9. The summed E-state index contributed by atoms with van der Waals surface area (Å²) in [5.41, 5.74) is 4.98. The molecule has 22 heavy (non-hydrogen) atoms. The molecule has 2 heteroatoms. The molecule has 0 aromatic heterocycles. The Labute approximate surface area is 132 Å². The lowest BCUT2D eigenvalue weighted by atomic mass is 10.0. The standard InChI is InChI=1S/C20H22O2/c1-3-21-15-13-17-5-9-19(10-6-17)20-11-7-18(8-12-20)14-16-22-4-2/h3-12H,1-2,13-16H2. The van der Waals surface area contributed by atoms with Crippen molar-refractivity contribution < 1.29 is 9.47 Å². The van der Waals surface area contributed by atoms with E-state index in [9.17, 15) is 0 Å². The minimum Gasteiger partial charge on any atom is -0.501 e. The van der Waals surface area contributed by atoms with Gasteiger partial charge in [-0.15, -0.1) is 0 Å². The molecule has 2 aromatic rings. The van der Waals surface area contributed by atoms with Crippen LogP contribution in [0.4, 0.5) is 0 Å². The van der Waals surface area contributed by atoms with E-state index in [2.05, 4.69) is 61.7 Å². The zero-order valence-electron chi connectivity index (χ0n) is 12.8. The number of hydrogen-bond donors (Lipinski definition) is 0.